The van der Waals surface area contributed by atoms with Crippen LogP contribution in [0.3, 0.4) is 0 Å². The minimum absolute atomic E-state index is 0.317. The third kappa shape index (κ3) is 4.22. The summed E-state index contributed by atoms with van der Waals surface area (Å²) in [6.45, 7) is 4.23. The molecule has 4 nitrogen and oxygen atoms in total. The maximum atomic E-state index is 12.7. The third-order valence-corrected chi connectivity index (χ3v) is 6.62. The summed E-state index contributed by atoms with van der Waals surface area (Å²) in [5.74, 6) is 1.49. The molecule has 0 aliphatic rings. The van der Waals surface area contributed by atoms with Crippen molar-refractivity contribution in [2.45, 2.75) is 13.8 Å². The molecule has 0 spiro atoms. The Morgan fingerprint density at radius 2 is 1.47 bits per heavy atom. The highest BCUT2D eigenvalue weighted by Gasteiger charge is 2.19. The van der Waals surface area contributed by atoms with Gasteiger partial charge in [-0.1, -0.05) is 66.7 Å². The second-order valence-corrected chi connectivity index (χ2v) is 8.73. The van der Waals surface area contributed by atoms with Crippen LogP contribution in [0.4, 0.5) is 0 Å². The minimum atomic E-state index is -3.27. The quantitative estimate of drug-likeness (QED) is 0.296. The summed E-state index contributed by atoms with van der Waals surface area (Å²) in [5, 5.41) is 3.43. The third-order valence-electron chi connectivity index (χ3n) is 4.87. The van der Waals surface area contributed by atoms with E-state index in [0.29, 0.717) is 18.9 Å². The molecule has 4 aromatic rings. The topological polar surface area (TPSA) is 48.4 Å². The first-order chi connectivity index (χ1) is 14.6. The molecule has 0 saturated heterocycles. The van der Waals surface area contributed by atoms with E-state index in [1.807, 2.05) is 18.2 Å². The summed E-state index contributed by atoms with van der Waals surface area (Å²) in [6.07, 6.45) is 1.71. The highest BCUT2D eigenvalue weighted by atomic mass is 31.2. The van der Waals surface area contributed by atoms with Crippen molar-refractivity contribution in [3.63, 3.8) is 0 Å². The monoisotopic (exact) mass is 417 g/mol. The standard InChI is InChI=1S/C25H24NO3P/c1-3-28-30(27,29-4-2)18-17-21-16-15-20-11-8-14-24(25(20)26-21)23-13-7-10-19-9-5-6-12-22(19)23/h5-18H,3-4H2,1-2H3. The Kier molecular flexibility index (Phi) is 6.10. The molecule has 5 heteroatoms. The molecule has 30 heavy (non-hydrogen) atoms. The molecule has 0 bridgehead atoms. The number of rotatable bonds is 7. The average Bonchev–Trinajstić information content (AvgIpc) is 2.77. The minimum Gasteiger partial charge on any atom is -0.306 e. The first-order valence-electron chi connectivity index (χ1n) is 10.1. The fourth-order valence-corrected chi connectivity index (χ4v) is 4.89. The van der Waals surface area contributed by atoms with Gasteiger partial charge in [0.2, 0.25) is 0 Å². The van der Waals surface area contributed by atoms with Gasteiger partial charge in [-0.3, -0.25) is 4.57 Å². The first kappa shape index (κ1) is 20.5. The highest BCUT2D eigenvalue weighted by Crippen LogP contribution is 2.50. The van der Waals surface area contributed by atoms with E-state index < -0.39 is 7.60 Å². The first-order valence-corrected chi connectivity index (χ1v) is 11.7. The lowest BCUT2D eigenvalue weighted by Crippen LogP contribution is -1.93. The lowest BCUT2D eigenvalue weighted by molar-refractivity contribution is 0.229. The second-order valence-electron chi connectivity index (χ2n) is 6.83. The number of nitrogens with zero attached hydrogens (tertiary/aromatic N) is 1. The lowest BCUT2D eigenvalue weighted by Gasteiger charge is -2.13. The second kappa shape index (κ2) is 8.93. The normalized spacial score (nSPS) is 12.2. The SMILES string of the molecule is CCOP(=O)(C=Cc1ccc2cccc(-c3cccc4ccccc34)c2n1)OCC. The van der Waals surface area contributed by atoms with Crippen molar-refractivity contribution in [1.82, 2.24) is 4.98 Å². The number of para-hydroxylation sites is 1. The Morgan fingerprint density at radius 3 is 2.23 bits per heavy atom. The van der Waals surface area contributed by atoms with E-state index in [1.165, 1.54) is 16.6 Å². The Balaban J connectivity index is 1.82. The lowest BCUT2D eigenvalue weighted by atomic mass is 9.96. The van der Waals surface area contributed by atoms with Gasteiger partial charge in [-0.25, -0.2) is 4.98 Å². The van der Waals surface area contributed by atoms with Crippen LogP contribution < -0.4 is 0 Å². The van der Waals surface area contributed by atoms with E-state index in [1.54, 1.807) is 19.9 Å². The molecule has 0 radical (unpaired) electrons. The number of aromatic nitrogens is 1. The van der Waals surface area contributed by atoms with Crippen molar-refractivity contribution in [3.05, 3.63) is 84.3 Å². The number of hydrogen-bond donors (Lipinski definition) is 0. The zero-order valence-electron chi connectivity index (χ0n) is 17.1. The predicted molar refractivity (Wildman–Crippen MR) is 125 cm³/mol. The summed E-state index contributed by atoms with van der Waals surface area (Å²) in [5.41, 5.74) is 3.81. The summed E-state index contributed by atoms with van der Waals surface area (Å²) in [4.78, 5) is 4.86. The number of fused-ring (bicyclic) bond motifs is 2. The van der Waals surface area contributed by atoms with E-state index in [0.717, 1.165) is 22.0 Å². The molecule has 4 rings (SSSR count). The van der Waals surface area contributed by atoms with E-state index in [-0.39, 0.29) is 0 Å². The van der Waals surface area contributed by atoms with Crippen molar-refractivity contribution < 1.29 is 13.6 Å². The van der Waals surface area contributed by atoms with Gasteiger partial charge in [0.15, 0.2) is 0 Å². The number of pyridine rings is 1. The zero-order valence-corrected chi connectivity index (χ0v) is 18.0. The van der Waals surface area contributed by atoms with Gasteiger partial charge in [-0.15, -0.1) is 0 Å². The van der Waals surface area contributed by atoms with Crippen LogP contribution in [0.15, 0.2) is 78.6 Å². The largest absolute Gasteiger partial charge is 0.354 e. The van der Waals surface area contributed by atoms with Crippen molar-refractivity contribution in [1.29, 1.82) is 0 Å². The average molecular weight is 417 g/mol. The van der Waals surface area contributed by atoms with Gasteiger partial charge in [0.05, 0.1) is 24.4 Å². The van der Waals surface area contributed by atoms with Crippen LogP contribution in [-0.4, -0.2) is 18.2 Å². The maximum absolute atomic E-state index is 12.7. The van der Waals surface area contributed by atoms with Gasteiger partial charge >= 0.3 is 7.60 Å². The fraction of sp³-hybridized carbons (Fsp3) is 0.160. The van der Waals surface area contributed by atoms with Crippen molar-refractivity contribution in [3.8, 4) is 11.1 Å². The molecule has 1 heterocycles. The molecular weight excluding hydrogens is 393 g/mol. The number of hydrogen-bond acceptors (Lipinski definition) is 4. The highest BCUT2D eigenvalue weighted by molar-refractivity contribution is 7.57. The molecule has 0 aliphatic heterocycles. The van der Waals surface area contributed by atoms with Gasteiger partial charge in [-0.05, 0) is 42.3 Å². The van der Waals surface area contributed by atoms with Gasteiger partial charge in [-0.2, -0.15) is 0 Å². The van der Waals surface area contributed by atoms with Crippen LogP contribution in [0.2, 0.25) is 0 Å². The number of benzene rings is 3. The van der Waals surface area contributed by atoms with Crippen LogP contribution in [-0.2, 0) is 13.6 Å². The predicted octanol–water partition coefficient (Wildman–Crippen LogP) is 7.29. The molecule has 0 aliphatic carbocycles. The van der Waals surface area contributed by atoms with Crippen molar-refractivity contribution in [2.75, 3.05) is 13.2 Å². The summed E-state index contributed by atoms with van der Waals surface area (Å²) >= 11 is 0. The molecule has 0 N–H and O–H groups in total. The van der Waals surface area contributed by atoms with Gasteiger partial charge in [0.25, 0.3) is 0 Å². The van der Waals surface area contributed by atoms with Crippen molar-refractivity contribution >= 4 is 35.3 Å². The van der Waals surface area contributed by atoms with Crippen LogP contribution in [0, 0.1) is 0 Å². The van der Waals surface area contributed by atoms with Gasteiger partial charge in [0.1, 0.15) is 0 Å². The van der Waals surface area contributed by atoms with E-state index >= 15 is 0 Å². The molecule has 0 saturated carbocycles. The fourth-order valence-electron chi connectivity index (χ4n) is 3.58. The Bertz CT molecular complexity index is 1250. The summed E-state index contributed by atoms with van der Waals surface area (Å²) < 4.78 is 23.4. The van der Waals surface area contributed by atoms with Gasteiger partial charge < -0.3 is 9.05 Å². The van der Waals surface area contributed by atoms with Crippen molar-refractivity contribution in [2.24, 2.45) is 0 Å². The maximum Gasteiger partial charge on any atom is 0.354 e. The summed E-state index contributed by atoms with van der Waals surface area (Å²) in [7, 11) is -3.27. The van der Waals surface area contributed by atoms with Crippen LogP contribution in [0.1, 0.15) is 19.5 Å². The summed E-state index contributed by atoms with van der Waals surface area (Å²) in [6, 6.07) is 24.8. The molecule has 1 aromatic heterocycles. The molecule has 0 unspecified atom stereocenters. The molecular formula is C25H24NO3P. The molecule has 0 atom stereocenters. The molecule has 0 fully saturated rings. The molecule has 0 amide bonds. The van der Waals surface area contributed by atoms with Crippen LogP contribution in [0.5, 0.6) is 0 Å². The van der Waals surface area contributed by atoms with Crippen LogP contribution in [0.25, 0.3) is 38.9 Å². The van der Waals surface area contributed by atoms with Crippen LogP contribution >= 0.6 is 7.60 Å². The van der Waals surface area contributed by atoms with E-state index in [2.05, 4.69) is 54.6 Å². The Labute approximate surface area is 176 Å². The Hall–Kier alpha value is -2.78. The smallest absolute Gasteiger partial charge is 0.306 e. The van der Waals surface area contributed by atoms with Gasteiger partial charge in [0, 0.05) is 16.8 Å². The van der Waals surface area contributed by atoms with E-state index in [4.69, 9.17) is 14.0 Å². The zero-order chi connectivity index (χ0) is 21.0. The molecule has 3 aromatic carbocycles. The Morgan fingerprint density at radius 1 is 0.800 bits per heavy atom. The van der Waals surface area contributed by atoms with E-state index in [9.17, 15) is 4.57 Å². The molecule has 152 valence electrons.